The van der Waals surface area contributed by atoms with E-state index in [1.807, 2.05) is 24.3 Å². The third-order valence-electron chi connectivity index (χ3n) is 5.85. The van der Waals surface area contributed by atoms with E-state index in [2.05, 4.69) is 26.7 Å². The van der Waals surface area contributed by atoms with Crippen LogP contribution in [-0.2, 0) is 6.54 Å². The summed E-state index contributed by atoms with van der Waals surface area (Å²) in [6.07, 6.45) is 3.74. The highest BCUT2D eigenvalue weighted by atomic mass is 19.1. The summed E-state index contributed by atoms with van der Waals surface area (Å²) in [6.45, 7) is 6.41. The lowest BCUT2D eigenvalue weighted by Gasteiger charge is -2.34. The topological polar surface area (TPSA) is 57.9 Å². The Labute approximate surface area is 172 Å². The van der Waals surface area contributed by atoms with Crippen LogP contribution >= 0.6 is 0 Å². The number of likely N-dealkylation sites (N-methyl/N-ethyl adjacent to an activating group) is 1. The molecule has 0 bridgehead atoms. The molecule has 2 saturated heterocycles. The molecule has 4 rings (SSSR count). The maximum absolute atomic E-state index is 14.7. The quantitative estimate of drug-likeness (QED) is 0.834. The molecule has 2 fully saturated rings. The van der Waals surface area contributed by atoms with E-state index in [1.54, 1.807) is 12.3 Å². The normalized spacial score (nSPS) is 19.4. The largest absolute Gasteiger partial charge is 0.490 e. The number of hydrogen-bond donors (Lipinski definition) is 1. The predicted molar refractivity (Wildman–Crippen MR) is 114 cm³/mol. The Balaban J connectivity index is 1.28. The molecule has 0 unspecified atom stereocenters. The molecule has 2 aliphatic heterocycles. The Bertz CT molecular complexity index is 817. The average Bonchev–Trinajstić information content (AvgIpc) is 2.71. The Morgan fingerprint density at radius 3 is 2.52 bits per heavy atom. The number of halogens is 1. The van der Waals surface area contributed by atoms with E-state index in [-0.39, 0.29) is 11.9 Å². The second-order valence-corrected chi connectivity index (χ2v) is 8.09. The summed E-state index contributed by atoms with van der Waals surface area (Å²) >= 11 is 0. The fourth-order valence-electron chi connectivity index (χ4n) is 4.09. The van der Waals surface area contributed by atoms with Crippen molar-refractivity contribution in [1.82, 2.24) is 14.8 Å². The third-order valence-corrected chi connectivity index (χ3v) is 5.85. The second kappa shape index (κ2) is 8.97. The molecule has 0 spiro atoms. The van der Waals surface area contributed by atoms with Crippen molar-refractivity contribution in [3.8, 4) is 5.75 Å². The molecular formula is C22H30FN5O. The van der Waals surface area contributed by atoms with Gasteiger partial charge in [0.15, 0.2) is 0 Å². The van der Waals surface area contributed by atoms with E-state index in [1.165, 1.54) is 5.56 Å². The van der Waals surface area contributed by atoms with Crippen molar-refractivity contribution in [3.63, 3.8) is 0 Å². The van der Waals surface area contributed by atoms with Gasteiger partial charge < -0.3 is 20.3 Å². The Kier molecular flexibility index (Phi) is 6.16. The molecule has 2 N–H and O–H groups in total. The molecule has 3 heterocycles. The summed E-state index contributed by atoms with van der Waals surface area (Å²) < 4.78 is 20.8. The molecule has 2 aliphatic rings. The van der Waals surface area contributed by atoms with Crippen molar-refractivity contribution in [2.75, 3.05) is 56.9 Å². The van der Waals surface area contributed by atoms with Crippen LogP contribution in [0.1, 0.15) is 18.4 Å². The van der Waals surface area contributed by atoms with Crippen molar-refractivity contribution in [3.05, 3.63) is 47.9 Å². The summed E-state index contributed by atoms with van der Waals surface area (Å²) in [5.74, 6) is 0.989. The van der Waals surface area contributed by atoms with Gasteiger partial charge in [0, 0.05) is 58.1 Å². The predicted octanol–water partition coefficient (Wildman–Crippen LogP) is 2.60. The highest BCUT2D eigenvalue weighted by molar-refractivity contribution is 5.51. The van der Waals surface area contributed by atoms with Crippen LogP contribution in [0.15, 0.2) is 36.5 Å². The van der Waals surface area contributed by atoms with Crippen LogP contribution in [0.3, 0.4) is 0 Å². The summed E-state index contributed by atoms with van der Waals surface area (Å²) in [5.41, 5.74) is 7.62. The highest BCUT2D eigenvalue weighted by Crippen LogP contribution is 2.27. The summed E-state index contributed by atoms with van der Waals surface area (Å²) in [6, 6.07) is 9.23. The smallest absolute Gasteiger partial charge is 0.150 e. The monoisotopic (exact) mass is 399 g/mol. The average molecular weight is 400 g/mol. The first-order chi connectivity index (χ1) is 14.1. The molecule has 6 nitrogen and oxygen atoms in total. The Hall–Kier alpha value is -2.38. The minimum Gasteiger partial charge on any atom is -0.490 e. The summed E-state index contributed by atoms with van der Waals surface area (Å²) in [4.78, 5) is 10.8. The van der Waals surface area contributed by atoms with Gasteiger partial charge in [0.05, 0.1) is 5.69 Å². The number of ether oxygens (including phenoxy) is 1. The van der Waals surface area contributed by atoms with E-state index >= 15 is 0 Å². The van der Waals surface area contributed by atoms with Gasteiger partial charge in [-0.05, 0) is 49.7 Å². The summed E-state index contributed by atoms with van der Waals surface area (Å²) in [7, 11) is 2.10. The lowest BCUT2D eigenvalue weighted by atomic mass is 10.1. The maximum Gasteiger partial charge on any atom is 0.150 e. The number of benzene rings is 1. The first kappa shape index (κ1) is 19.9. The number of aromatic nitrogens is 1. The van der Waals surface area contributed by atoms with E-state index in [9.17, 15) is 4.39 Å². The second-order valence-electron chi connectivity index (χ2n) is 8.09. The molecule has 0 aliphatic carbocycles. The van der Waals surface area contributed by atoms with Crippen LogP contribution in [0.25, 0.3) is 0 Å². The first-order valence-electron chi connectivity index (χ1n) is 10.4. The van der Waals surface area contributed by atoms with Gasteiger partial charge in [-0.3, -0.25) is 4.90 Å². The Morgan fingerprint density at radius 1 is 1.07 bits per heavy atom. The van der Waals surface area contributed by atoms with Gasteiger partial charge >= 0.3 is 0 Å². The zero-order valence-corrected chi connectivity index (χ0v) is 17.1. The maximum atomic E-state index is 14.7. The van der Waals surface area contributed by atoms with Crippen molar-refractivity contribution in [1.29, 1.82) is 0 Å². The number of piperidine rings is 1. The van der Waals surface area contributed by atoms with Crippen molar-refractivity contribution in [2.45, 2.75) is 25.5 Å². The minimum absolute atomic E-state index is 0.127. The standard InChI is InChI=1S/C22H30FN5O/c1-26-10-12-28(13-11-26)21-3-2-19(15-20(21)23)29-18-5-8-27(9-6-18)16-17-4-7-25-22(24)14-17/h2-4,7,14-15,18H,5-6,8-13,16H2,1H3,(H2,24,25). The van der Waals surface area contributed by atoms with E-state index < -0.39 is 0 Å². The van der Waals surface area contributed by atoms with Crippen LogP contribution in [0.5, 0.6) is 5.75 Å². The number of nitrogens with two attached hydrogens (primary N) is 1. The van der Waals surface area contributed by atoms with Crippen molar-refractivity contribution in [2.24, 2.45) is 0 Å². The van der Waals surface area contributed by atoms with E-state index in [0.29, 0.717) is 17.3 Å². The molecule has 7 heteroatoms. The number of anilines is 2. The van der Waals surface area contributed by atoms with Crippen LogP contribution in [-0.4, -0.2) is 67.2 Å². The molecule has 0 saturated carbocycles. The van der Waals surface area contributed by atoms with E-state index in [0.717, 1.165) is 58.7 Å². The lowest BCUT2D eigenvalue weighted by Crippen LogP contribution is -2.44. The number of pyridine rings is 1. The molecule has 0 atom stereocenters. The fourth-order valence-corrected chi connectivity index (χ4v) is 4.09. The number of hydrogen-bond acceptors (Lipinski definition) is 6. The third kappa shape index (κ3) is 5.16. The lowest BCUT2D eigenvalue weighted by molar-refractivity contribution is 0.0965. The van der Waals surface area contributed by atoms with Crippen LogP contribution in [0, 0.1) is 5.82 Å². The molecule has 0 amide bonds. The molecule has 1 aromatic heterocycles. The molecular weight excluding hydrogens is 369 g/mol. The molecule has 156 valence electrons. The van der Waals surface area contributed by atoms with Crippen LogP contribution in [0.2, 0.25) is 0 Å². The zero-order valence-electron chi connectivity index (χ0n) is 17.1. The SMILES string of the molecule is CN1CCN(c2ccc(OC3CCN(Cc4ccnc(N)c4)CC3)cc2F)CC1. The van der Waals surface area contributed by atoms with Gasteiger partial charge in [-0.2, -0.15) is 0 Å². The van der Waals surface area contributed by atoms with Gasteiger partial charge in [0.2, 0.25) is 0 Å². The van der Waals surface area contributed by atoms with Crippen LogP contribution in [0.4, 0.5) is 15.9 Å². The van der Waals surface area contributed by atoms with Gasteiger partial charge in [-0.15, -0.1) is 0 Å². The fraction of sp³-hybridized carbons (Fsp3) is 0.500. The number of nitrogens with zero attached hydrogens (tertiary/aromatic N) is 4. The first-order valence-corrected chi connectivity index (χ1v) is 10.4. The van der Waals surface area contributed by atoms with Crippen molar-refractivity contribution < 1.29 is 9.13 Å². The molecule has 1 aromatic carbocycles. The minimum atomic E-state index is -0.195. The van der Waals surface area contributed by atoms with Crippen molar-refractivity contribution >= 4 is 11.5 Å². The Morgan fingerprint density at radius 2 is 1.83 bits per heavy atom. The number of piperazine rings is 1. The number of nitrogen functional groups attached to an aromatic ring is 1. The number of likely N-dealkylation sites (tertiary alicyclic amines) is 1. The van der Waals surface area contributed by atoms with Gasteiger partial charge in [-0.1, -0.05) is 0 Å². The molecule has 29 heavy (non-hydrogen) atoms. The van der Waals surface area contributed by atoms with Crippen LogP contribution < -0.4 is 15.4 Å². The van der Waals surface area contributed by atoms with Gasteiger partial charge in [0.25, 0.3) is 0 Å². The highest BCUT2D eigenvalue weighted by Gasteiger charge is 2.22. The molecule has 2 aromatic rings. The van der Waals surface area contributed by atoms with Gasteiger partial charge in [-0.25, -0.2) is 9.37 Å². The summed E-state index contributed by atoms with van der Waals surface area (Å²) in [5, 5.41) is 0. The van der Waals surface area contributed by atoms with E-state index in [4.69, 9.17) is 10.5 Å². The zero-order chi connectivity index (χ0) is 20.2. The van der Waals surface area contributed by atoms with Gasteiger partial charge in [0.1, 0.15) is 23.5 Å². The molecule has 0 radical (unpaired) electrons. The number of rotatable bonds is 5.